The van der Waals surface area contributed by atoms with E-state index in [0.717, 1.165) is 30.4 Å². The van der Waals surface area contributed by atoms with Gasteiger partial charge >= 0.3 is 0 Å². The van der Waals surface area contributed by atoms with E-state index in [1.165, 1.54) is 7.05 Å². The van der Waals surface area contributed by atoms with Gasteiger partial charge in [0, 0.05) is 25.9 Å². The number of rotatable bonds is 16. The van der Waals surface area contributed by atoms with E-state index in [1.54, 1.807) is 6.92 Å². The second-order valence-corrected chi connectivity index (χ2v) is 13.0. The molecule has 36 heavy (non-hydrogen) atoms. The normalized spacial score (nSPS) is 17.2. The Hall–Kier alpha value is -2.10. The molecule has 0 aromatic carbocycles. The Bertz CT molecular complexity index is 975. The van der Waals surface area contributed by atoms with Crippen molar-refractivity contribution in [1.29, 1.82) is 0 Å². The second-order valence-electron chi connectivity index (χ2n) is 9.21. The number of hydrogen-bond acceptors (Lipinski definition) is 8. The fraction of sp³-hybridized carbons (Fsp3) is 0.810. The van der Waals surface area contributed by atoms with Gasteiger partial charge in [0.2, 0.25) is 11.8 Å². The molecular formula is C21H40N6O7S2. The minimum atomic E-state index is -4.11. The van der Waals surface area contributed by atoms with Crippen LogP contribution in [-0.2, 0) is 34.4 Å². The van der Waals surface area contributed by atoms with E-state index in [9.17, 15) is 31.2 Å². The van der Waals surface area contributed by atoms with Crippen molar-refractivity contribution in [2.75, 3.05) is 32.1 Å². The molecule has 0 aromatic rings. The van der Waals surface area contributed by atoms with Gasteiger partial charge in [0.05, 0.1) is 24.2 Å². The molecule has 13 nitrogen and oxygen atoms in total. The molecule has 15 heteroatoms. The lowest BCUT2D eigenvalue weighted by Gasteiger charge is -2.27. The zero-order valence-electron chi connectivity index (χ0n) is 21.2. The van der Waals surface area contributed by atoms with Crippen LogP contribution < -0.4 is 20.5 Å². The molecule has 1 saturated carbocycles. The van der Waals surface area contributed by atoms with E-state index >= 15 is 0 Å². The van der Waals surface area contributed by atoms with Crippen LogP contribution in [0, 0.1) is 0 Å². The number of nitrogens with one attached hydrogen (secondary N) is 3. The number of nitrogens with two attached hydrogens (primary N) is 1. The number of aliphatic imine (C=N–C) groups is 1. The van der Waals surface area contributed by atoms with Gasteiger partial charge in [-0.2, -0.15) is 17.9 Å². The van der Waals surface area contributed by atoms with Crippen molar-refractivity contribution in [3.63, 3.8) is 0 Å². The van der Waals surface area contributed by atoms with Crippen molar-refractivity contribution in [1.82, 2.24) is 19.7 Å². The van der Waals surface area contributed by atoms with Gasteiger partial charge in [-0.3, -0.25) is 14.6 Å². The molecule has 0 saturated heterocycles. The fourth-order valence-electron chi connectivity index (χ4n) is 3.78. The van der Waals surface area contributed by atoms with Crippen molar-refractivity contribution < 1.29 is 31.2 Å². The smallest absolute Gasteiger partial charge is 0.277 e. The molecular weight excluding hydrogens is 512 g/mol. The Morgan fingerprint density at radius 1 is 1.14 bits per heavy atom. The highest BCUT2D eigenvalue weighted by Gasteiger charge is 2.30. The van der Waals surface area contributed by atoms with E-state index in [1.807, 2.05) is 0 Å². The summed E-state index contributed by atoms with van der Waals surface area (Å²) >= 11 is 0. The van der Waals surface area contributed by atoms with Crippen molar-refractivity contribution in [2.24, 2.45) is 10.7 Å². The molecule has 0 heterocycles. The second kappa shape index (κ2) is 15.2. The van der Waals surface area contributed by atoms with Gasteiger partial charge in [-0.1, -0.05) is 19.3 Å². The molecule has 5 N–H and O–H groups in total. The summed E-state index contributed by atoms with van der Waals surface area (Å²) in [4.78, 5) is 41.7. The zero-order chi connectivity index (χ0) is 27.4. The van der Waals surface area contributed by atoms with Crippen molar-refractivity contribution in [3.05, 3.63) is 0 Å². The van der Waals surface area contributed by atoms with Crippen LogP contribution in [0.1, 0.15) is 58.3 Å². The predicted molar refractivity (Wildman–Crippen MR) is 137 cm³/mol. The molecule has 0 aliphatic heterocycles. The molecule has 2 atom stereocenters. The fourth-order valence-corrected chi connectivity index (χ4v) is 5.78. The van der Waals surface area contributed by atoms with Gasteiger partial charge in [0.1, 0.15) is 22.2 Å². The Morgan fingerprint density at radius 2 is 1.78 bits per heavy atom. The SMILES string of the molecule is CC(N)=NCCCC(C=O)NC(=O)CN(C)C(=O)C(CCS(C)(=O)=O)NS(=O)(=O)NC1CCCCC1. The average Bonchev–Trinajstić information content (AvgIpc) is 2.77. The van der Waals surface area contributed by atoms with E-state index in [2.05, 4.69) is 19.8 Å². The summed E-state index contributed by atoms with van der Waals surface area (Å²) in [6, 6.07) is -2.43. The van der Waals surface area contributed by atoms with Gasteiger partial charge in [0.25, 0.3) is 10.2 Å². The van der Waals surface area contributed by atoms with Gasteiger partial charge in [-0.05, 0) is 39.0 Å². The number of nitrogens with zero attached hydrogens (tertiary/aromatic N) is 2. The Balaban J connectivity index is 2.78. The van der Waals surface area contributed by atoms with Crippen LogP contribution in [0.25, 0.3) is 0 Å². The van der Waals surface area contributed by atoms with Crippen LogP contribution in [0.15, 0.2) is 4.99 Å². The van der Waals surface area contributed by atoms with Crippen LogP contribution in [0.5, 0.6) is 0 Å². The summed E-state index contributed by atoms with van der Waals surface area (Å²) in [5.41, 5.74) is 5.45. The minimum absolute atomic E-state index is 0.259. The number of aldehydes is 1. The summed E-state index contributed by atoms with van der Waals surface area (Å²) in [7, 11) is -6.29. The average molecular weight is 553 g/mol. The molecule has 0 spiro atoms. The van der Waals surface area contributed by atoms with Crippen molar-refractivity contribution in [3.8, 4) is 0 Å². The highest BCUT2D eigenvalue weighted by molar-refractivity contribution is 7.90. The molecule has 208 valence electrons. The zero-order valence-corrected chi connectivity index (χ0v) is 22.9. The molecule has 2 amide bonds. The lowest BCUT2D eigenvalue weighted by molar-refractivity contribution is -0.136. The molecule has 1 fully saturated rings. The van der Waals surface area contributed by atoms with Crippen LogP contribution in [0.2, 0.25) is 0 Å². The topological polar surface area (TPSA) is 197 Å². The standard InChI is InChI=1S/C21H40N6O7S2/c1-16(22)23-12-7-10-18(15-28)24-20(29)14-27(2)21(30)19(11-13-35(3,31)32)26-36(33,34)25-17-8-5-4-6-9-17/h15,17-19,25-26H,4-14H2,1-3H3,(H2,22,23)(H,24,29). The maximum absolute atomic E-state index is 13.0. The maximum Gasteiger partial charge on any atom is 0.277 e. The molecule has 1 aliphatic carbocycles. The van der Waals surface area contributed by atoms with Crippen LogP contribution in [0.3, 0.4) is 0 Å². The van der Waals surface area contributed by atoms with E-state index < -0.39 is 56.2 Å². The van der Waals surface area contributed by atoms with Gasteiger partial charge in [-0.25, -0.2) is 8.42 Å². The molecule has 1 aliphatic rings. The first kappa shape index (κ1) is 31.9. The first-order chi connectivity index (χ1) is 16.7. The van der Waals surface area contributed by atoms with Crippen molar-refractivity contribution in [2.45, 2.75) is 76.4 Å². The van der Waals surface area contributed by atoms with E-state index in [0.29, 0.717) is 44.3 Å². The maximum atomic E-state index is 13.0. The quantitative estimate of drug-likeness (QED) is 0.0796. The van der Waals surface area contributed by atoms with E-state index in [4.69, 9.17) is 5.73 Å². The summed E-state index contributed by atoms with van der Waals surface area (Å²) in [6.07, 6.45) is 6.28. The van der Waals surface area contributed by atoms with Gasteiger partial charge < -0.3 is 20.7 Å². The highest BCUT2D eigenvalue weighted by atomic mass is 32.2. The first-order valence-electron chi connectivity index (χ1n) is 12.0. The third-order valence-corrected chi connectivity index (χ3v) is 7.82. The lowest BCUT2D eigenvalue weighted by Crippen LogP contribution is -2.54. The van der Waals surface area contributed by atoms with Crippen LogP contribution in [0.4, 0.5) is 0 Å². The molecule has 2 unspecified atom stereocenters. The summed E-state index contributed by atoms with van der Waals surface area (Å²) in [6.45, 7) is 1.59. The number of hydrogen-bond donors (Lipinski definition) is 4. The first-order valence-corrected chi connectivity index (χ1v) is 15.5. The summed E-state index contributed by atoms with van der Waals surface area (Å²) < 4.78 is 53.4. The minimum Gasteiger partial charge on any atom is -0.388 e. The molecule has 1 rings (SSSR count). The molecule has 0 bridgehead atoms. The monoisotopic (exact) mass is 552 g/mol. The number of carbonyl (C=O) groups excluding carboxylic acids is 3. The van der Waals surface area contributed by atoms with Gasteiger partial charge in [-0.15, -0.1) is 0 Å². The summed E-state index contributed by atoms with van der Waals surface area (Å²) in [5.74, 6) is -1.39. The number of likely N-dealkylation sites (N-methyl/N-ethyl adjacent to an activating group) is 1. The third-order valence-electron chi connectivity index (χ3n) is 5.60. The molecule has 0 radical (unpaired) electrons. The van der Waals surface area contributed by atoms with Gasteiger partial charge in [0.15, 0.2) is 0 Å². The van der Waals surface area contributed by atoms with Crippen molar-refractivity contribution >= 4 is 44.0 Å². The Kier molecular flexibility index (Phi) is 13.5. The molecule has 0 aromatic heterocycles. The Labute approximate surface area is 214 Å². The number of carbonyl (C=O) groups is 3. The highest BCUT2D eigenvalue weighted by Crippen LogP contribution is 2.18. The number of amides is 2. The number of sulfone groups is 1. The predicted octanol–water partition coefficient (Wildman–Crippen LogP) is -1.15. The van der Waals surface area contributed by atoms with E-state index in [-0.39, 0.29) is 12.5 Å². The van der Waals surface area contributed by atoms with Crippen LogP contribution in [-0.4, -0.2) is 95.9 Å². The lowest BCUT2D eigenvalue weighted by atomic mass is 9.96. The third kappa shape index (κ3) is 13.8. The largest absolute Gasteiger partial charge is 0.388 e. The summed E-state index contributed by atoms with van der Waals surface area (Å²) in [5, 5.41) is 2.51. The Morgan fingerprint density at radius 3 is 2.33 bits per heavy atom. The number of amidine groups is 1. The van der Waals surface area contributed by atoms with Crippen LogP contribution >= 0.6 is 0 Å².